The summed E-state index contributed by atoms with van der Waals surface area (Å²) >= 11 is 2.83. The molecule has 0 radical (unpaired) electrons. The van der Waals surface area contributed by atoms with Crippen molar-refractivity contribution in [3.63, 3.8) is 0 Å². The standard InChI is InChI=1S/C29H23N3O2S2/c1-19(33)30-24-12-7-13-25(17-24)36-27(21-9-3-2-4-10-21)28(34)32-29-31-26(18-35-29)23-15-14-20-8-5-6-11-22(20)16-23/h2-18,27H,1H3,(H,30,33)(H,31,32,34). The fourth-order valence-electron chi connectivity index (χ4n) is 3.87. The number of nitrogens with zero attached hydrogens (tertiary/aromatic N) is 1. The summed E-state index contributed by atoms with van der Waals surface area (Å²) < 4.78 is 0. The quantitative estimate of drug-likeness (QED) is 0.224. The van der Waals surface area contributed by atoms with Gasteiger partial charge in [0.2, 0.25) is 11.8 Å². The number of thioether (sulfide) groups is 1. The van der Waals surface area contributed by atoms with Crippen LogP contribution >= 0.6 is 23.1 Å². The van der Waals surface area contributed by atoms with Crippen LogP contribution in [0.4, 0.5) is 10.8 Å². The monoisotopic (exact) mass is 509 g/mol. The lowest BCUT2D eigenvalue weighted by Gasteiger charge is -2.16. The van der Waals surface area contributed by atoms with Crippen LogP contribution in [-0.4, -0.2) is 16.8 Å². The summed E-state index contributed by atoms with van der Waals surface area (Å²) in [7, 11) is 0. The number of rotatable bonds is 7. The minimum atomic E-state index is -0.494. The molecular weight excluding hydrogens is 486 g/mol. The van der Waals surface area contributed by atoms with Crippen molar-refractivity contribution in [2.45, 2.75) is 17.1 Å². The van der Waals surface area contributed by atoms with Gasteiger partial charge < -0.3 is 10.6 Å². The zero-order chi connectivity index (χ0) is 24.9. The van der Waals surface area contributed by atoms with Crippen LogP contribution in [0.2, 0.25) is 0 Å². The number of amides is 2. The maximum Gasteiger partial charge on any atom is 0.244 e. The molecule has 0 fully saturated rings. The van der Waals surface area contributed by atoms with Gasteiger partial charge in [0.25, 0.3) is 0 Å². The second-order valence-electron chi connectivity index (χ2n) is 8.21. The Morgan fingerprint density at radius 3 is 2.42 bits per heavy atom. The second kappa shape index (κ2) is 10.8. The molecule has 2 amide bonds. The molecule has 1 aromatic heterocycles. The fraction of sp³-hybridized carbons (Fsp3) is 0.0690. The van der Waals surface area contributed by atoms with Crippen LogP contribution in [-0.2, 0) is 9.59 Å². The average molecular weight is 510 g/mol. The Bertz CT molecular complexity index is 1530. The Labute approximate surface area is 217 Å². The topological polar surface area (TPSA) is 71.1 Å². The molecule has 0 aliphatic carbocycles. The smallest absolute Gasteiger partial charge is 0.244 e. The number of aromatic nitrogens is 1. The van der Waals surface area contributed by atoms with Crippen LogP contribution in [0.25, 0.3) is 22.0 Å². The first-order valence-corrected chi connectivity index (χ1v) is 13.2. The number of fused-ring (bicyclic) bond motifs is 1. The van der Waals surface area contributed by atoms with Gasteiger partial charge in [0.05, 0.1) is 5.69 Å². The van der Waals surface area contributed by atoms with E-state index in [-0.39, 0.29) is 11.8 Å². The fourth-order valence-corrected chi connectivity index (χ4v) is 5.68. The summed E-state index contributed by atoms with van der Waals surface area (Å²) in [5.74, 6) is -0.295. The molecular formula is C29H23N3O2S2. The molecule has 4 aromatic carbocycles. The van der Waals surface area contributed by atoms with E-state index in [0.29, 0.717) is 10.8 Å². The minimum absolute atomic E-state index is 0.138. The van der Waals surface area contributed by atoms with Crippen LogP contribution in [0.3, 0.4) is 0 Å². The van der Waals surface area contributed by atoms with E-state index in [1.54, 1.807) is 0 Å². The van der Waals surface area contributed by atoms with Crippen LogP contribution in [0.1, 0.15) is 17.7 Å². The molecule has 0 aliphatic rings. The van der Waals surface area contributed by atoms with Gasteiger partial charge in [-0.3, -0.25) is 9.59 Å². The van der Waals surface area contributed by atoms with E-state index in [0.717, 1.165) is 27.1 Å². The Balaban J connectivity index is 1.37. The number of carbonyl (C=O) groups is 2. The van der Waals surface area contributed by atoms with Crippen LogP contribution in [0, 0.1) is 0 Å². The van der Waals surface area contributed by atoms with Crippen molar-refractivity contribution in [1.82, 2.24) is 4.98 Å². The second-order valence-corrected chi connectivity index (χ2v) is 10.2. The third-order valence-electron chi connectivity index (χ3n) is 5.53. The Morgan fingerprint density at radius 2 is 1.61 bits per heavy atom. The summed E-state index contributed by atoms with van der Waals surface area (Å²) in [6, 6.07) is 31.6. The number of nitrogens with one attached hydrogen (secondary N) is 2. The number of benzene rings is 4. The number of hydrogen-bond donors (Lipinski definition) is 2. The highest BCUT2D eigenvalue weighted by Gasteiger charge is 2.23. The SMILES string of the molecule is CC(=O)Nc1cccc(SC(C(=O)Nc2nc(-c3ccc4ccccc4c3)cs2)c2ccccc2)c1. The maximum absolute atomic E-state index is 13.5. The van der Waals surface area contributed by atoms with E-state index in [4.69, 9.17) is 0 Å². The molecule has 0 bridgehead atoms. The Kier molecular flexibility index (Phi) is 7.11. The molecule has 0 spiro atoms. The van der Waals surface area contributed by atoms with Gasteiger partial charge in [-0.15, -0.1) is 23.1 Å². The van der Waals surface area contributed by atoms with Gasteiger partial charge in [-0.05, 0) is 40.6 Å². The Hall–Kier alpha value is -3.94. The molecule has 1 atom stereocenters. The predicted octanol–water partition coefficient (Wildman–Crippen LogP) is 7.39. The average Bonchev–Trinajstić information content (AvgIpc) is 3.36. The van der Waals surface area contributed by atoms with Gasteiger partial charge in [-0.2, -0.15) is 0 Å². The van der Waals surface area contributed by atoms with Gasteiger partial charge >= 0.3 is 0 Å². The van der Waals surface area contributed by atoms with E-state index in [9.17, 15) is 9.59 Å². The highest BCUT2D eigenvalue weighted by atomic mass is 32.2. The zero-order valence-electron chi connectivity index (χ0n) is 19.5. The Morgan fingerprint density at radius 1 is 0.833 bits per heavy atom. The van der Waals surface area contributed by atoms with E-state index in [1.807, 2.05) is 78.2 Å². The molecule has 0 saturated heterocycles. The van der Waals surface area contributed by atoms with Crippen molar-refractivity contribution in [3.05, 3.63) is 108 Å². The van der Waals surface area contributed by atoms with Gasteiger partial charge in [0.1, 0.15) is 5.25 Å². The summed E-state index contributed by atoms with van der Waals surface area (Å²) in [5.41, 5.74) is 3.41. The molecule has 1 unspecified atom stereocenters. The third kappa shape index (κ3) is 5.64. The van der Waals surface area contributed by atoms with E-state index < -0.39 is 5.25 Å². The first-order chi connectivity index (χ1) is 17.5. The van der Waals surface area contributed by atoms with Crippen LogP contribution in [0.5, 0.6) is 0 Å². The lowest BCUT2D eigenvalue weighted by atomic mass is 10.1. The summed E-state index contributed by atoms with van der Waals surface area (Å²) in [5, 5.41) is 10.2. The normalized spacial score (nSPS) is 11.7. The van der Waals surface area contributed by atoms with Gasteiger partial charge in [0.15, 0.2) is 5.13 Å². The zero-order valence-corrected chi connectivity index (χ0v) is 21.1. The van der Waals surface area contributed by atoms with Crippen molar-refractivity contribution in [2.75, 3.05) is 10.6 Å². The largest absolute Gasteiger partial charge is 0.326 e. The van der Waals surface area contributed by atoms with E-state index in [2.05, 4.69) is 39.9 Å². The van der Waals surface area contributed by atoms with Crippen molar-refractivity contribution in [2.24, 2.45) is 0 Å². The molecule has 5 rings (SSSR count). The molecule has 2 N–H and O–H groups in total. The van der Waals surface area contributed by atoms with Gasteiger partial charge in [-0.1, -0.05) is 72.8 Å². The summed E-state index contributed by atoms with van der Waals surface area (Å²) in [6.07, 6.45) is 0. The lowest BCUT2D eigenvalue weighted by molar-refractivity contribution is -0.116. The molecule has 5 nitrogen and oxygen atoms in total. The van der Waals surface area contributed by atoms with Gasteiger partial charge in [0, 0.05) is 28.5 Å². The number of hydrogen-bond acceptors (Lipinski definition) is 5. The first-order valence-electron chi connectivity index (χ1n) is 11.4. The van der Waals surface area contributed by atoms with Crippen molar-refractivity contribution < 1.29 is 9.59 Å². The number of anilines is 2. The molecule has 36 heavy (non-hydrogen) atoms. The molecule has 5 aromatic rings. The van der Waals surface area contributed by atoms with Crippen LogP contribution < -0.4 is 10.6 Å². The first kappa shape index (κ1) is 23.8. The third-order valence-corrected chi connectivity index (χ3v) is 7.53. The van der Waals surface area contributed by atoms with E-state index >= 15 is 0 Å². The summed E-state index contributed by atoms with van der Waals surface area (Å²) in [6.45, 7) is 1.47. The van der Waals surface area contributed by atoms with Crippen molar-refractivity contribution in [3.8, 4) is 11.3 Å². The predicted molar refractivity (Wildman–Crippen MR) is 149 cm³/mol. The maximum atomic E-state index is 13.5. The van der Waals surface area contributed by atoms with Crippen LogP contribution in [0.15, 0.2) is 107 Å². The number of thiazole rings is 1. The molecule has 0 saturated carbocycles. The highest BCUT2D eigenvalue weighted by Crippen LogP contribution is 2.38. The highest BCUT2D eigenvalue weighted by molar-refractivity contribution is 8.00. The van der Waals surface area contributed by atoms with Crippen molar-refractivity contribution in [1.29, 1.82) is 0 Å². The minimum Gasteiger partial charge on any atom is -0.326 e. The summed E-state index contributed by atoms with van der Waals surface area (Å²) in [4.78, 5) is 30.5. The lowest BCUT2D eigenvalue weighted by Crippen LogP contribution is -2.19. The molecule has 7 heteroatoms. The molecule has 0 aliphatic heterocycles. The van der Waals surface area contributed by atoms with E-state index in [1.165, 1.54) is 35.4 Å². The molecule has 1 heterocycles. The van der Waals surface area contributed by atoms with Crippen molar-refractivity contribution >= 4 is 56.5 Å². The number of carbonyl (C=O) groups excluding carboxylic acids is 2. The molecule has 178 valence electrons. The van der Waals surface area contributed by atoms with Gasteiger partial charge in [-0.25, -0.2) is 4.98 Å².